The van der Waals surface area contributed by atoms with E-state index in [0.717, 1.165) is 24.0 Å². The van der Waals surface area contributed by atoms with Gasteiger partial charge in [0.05, 0.1) is 17.1 Å². The molecular formula is C18H20FN3O3S. The third kappa shape index (κ3) is 3.86. The fraction of sp³-hybridized carbons (Fsp3) is 0.278. The Morgan fingerprint density at radius 1 is 1.23 bits per heavy atom. The lowest BCUT2D eigenvalue weighted by molar-refractivity contribution is -0.115. The van der Waals surface area contributed by atoms with Crippen molar-refractivity contribution in [3.05, 3.63) is 53.3 Å². The highest BCUT2D eigenvalue weighted by atomic mass is 32.2. The van der Waals surface area contributed by atoms with Crippen LogP contribution in [-0.2, 0) is 21.2 Å². The summed E-state index contributed by atoms with van der Waals surface area (Å²) in [5, 5.41) is 7.74. The summed E-state index contributed by atoms with van der Waals surface area (Å²) in [5.41, 5.74) is 2.91. The third-order valence-corrected chi connectivity index (χ3v) is 5.37. The van der Waals surface area contributed by atoms with Gasteiger partial charge < -0.3 is 10.2 Å². The molecule has 0 spiro atoms. The Morgan fingerprint density at radius 2 is 1.92 bits per heavy atom. The minimum atomic E-state index is -3.78. The number of fused-ring (bicyclic) bond motifs is 1. The molecule has 1 heterocycles. The minimum Gasteiger partial charge on any atom is -0.360 e. The number of benzene rings is 2. The van der Waals surface area contributed by atoms with Gasteiger partial charge in [-0.1, -0.05) is 6.07 Å². The standard InChI is InChI=1S/C18H20FN3O3S/c1-12-4-9-16(19)18-15(12)3-2-10-22(18)11-17(23)21-13-5-7-14(8-6-13)26(20,24)25/h4-9H,2-3,10-11H2,1H3,(H,21,23)(H2,20,24,25). The summed E-state index contributed by atoms with van der Waals surface area (Å²) in [7, 11) is -3.78. The zero-order valence-electron chi connectivity index (χ0n) is 14.3. The molecule has 0 bridgehead atoms. The summed E-state index contributed by atoms with van der Waals surface area (Å²) in [6.45, 7) is 2.56. The molecule has 0 fully saturated rings. The molecule has 0 aliphatic carbocycles. The second kappa shape index (κ2) is 7.05. The van der Waals surface area contributed by atoms with E-state index in [-0.39, 0.29) is 23.2 Å². The number of anilines is 2. The molecule has 3 N–H and O–H groups in total. The number of nitrogens with zero attached hydrogens (tertiary/aromatic N) is 1. The lowest BCUT2D eigenvalue weighted by atomic mass is 9.96. The molecule has 1 aliphatic heterocycles. The number of hydrogen-bond acceptors (Lipinski definition) is 4. The van der Waals surface area contributed by atoms with Crippen LogP contribution in [0.1, 0.15) is 17.5 Å². The van der Waals surface area contributed by atoms with Crippen LogP contribution in [0, 0.1) is 12.7 Å². The van der Waals surface area contributed by atoms with Gasteiger partial charge in [0.15, 0.2) is 0 Å². The number of amides is 1. The number of aryl methyl sites for hydroxylation is 1. The van der Waals surface area contributed by atoms with Crippen LogP contribution in [0.5, 0.6) is 0 Å². The summed E-state index contributed by atoms with van der Waals surface area (Å²) in [6, 6.07) is 8.76. The second-order valence-electron chi connectivity index (χ2n) is 6.33. The summed E-state index contributed by atoms with van der Waals surface area (Å²) in [5.74, 6) is -0.627. The first-order chi connectivity index (χ1) is 12.3. The first-order valence-electron chi connectivity index (χ1n) is 8.21. The Morgan fingerprint density at radius 3 is 2.58 bits per heavy atom. The highest BCUT2D eigenvalue weighted by Crippen LogP contribution is 2.32. The van der Waals surface area contributed by atoms with Gasteiger partial charge in [-0.25, -0.2) is 17.9 Å². The predicted octanol–water partition coefficient (Wildman–Crippen LogP) is 2.17. The maximum absolute atomic E-state index is 14.3. The van der Waals surface area contributed by atoms with E-state index in [1.807, 2.05) is 6.92 Å². The van der Waals surface area contributed by atoms with Gasteiger partial charge in [-0.2, -0.15) is 0 Å². The first kappa shape index (κ1) is 18.3. The van der Waals surface area contributed by atoms with Crippen LogP contribution in [0.15, 0.2) is 41.3 Å². The van der Waals surface area contributed by atoms with Crippen LogP contribution in [0.3, 0.4) is 0 Å². The SMILES string of the molecule is Cc1ccc(F)c2c1CCCN2CC(=O)Nc1ccc(S(N)(=O)=O)cc1. The first-order valence-corrected chi connectivity index (χ1v) is 9.76. The molecule has 8 heteroatoms. The van der Waals surface area contributed by atoms with E-state index in [0.29, 0.717) is 17.9 Å². The second-order valence-corrected chi connectivity index (χ2v) is 7.90. The molecule has 0 atom stereocenters. The van der Waals surface area contributed by atoms with Crippen molar-refractivity contribution in [2.24, 2.45) is 5.14 Å². The maximum atomic E-state index is 14.3. The number of carbonyl (C=O) groups is 1. The summed E-state index contributed by atoms with van der Waals surface area (Å²) in [4.78, 5) is 14.1. The van der Waals surface area contributed by atoms with E-state index in [1.165, 1.54) is 30.3 Å². The number of sulfonamides is 1. The van der Waals surface area contributed by atoms with Crippen molar-refractivity contribution in [3.63, 3.8) is 0 Å². The summed E-state index contributed by atoms with van der Waals surface area (Å²) < 4.78 is 36.8. The largest absolute Gasteiger partial charge is 0.360 e. The molecule has 0 aromatic heterocycles. The Labute approximate surface area is 151 Å². The highest BCUT2D eigenvalue weighted by molar-refractivity contribution is 7.89. The predicted molar refractivity (Wildman–Crippen MR) is 98.1 cm³/mol. The number of carbonyl (C=O) groups excluding carboxylic acids is 1. The van der Waals surface area contributed by atoms with Gasteiger partial charge in [-0.15, -0.1) is 0 Å². The molecule has 3 rings (SSSR count). The van der Waals surface area contributed by atoms with Gasteiger partial charge in [0.25, 0.3) is 0 Å². The molecule has 0 saturated carbocycles. The number of hydrogen-bond donors (Lipinski definition) is 2. The monoisotopic (exact) mass is 377 g/mol. The number of primary sulfonamides is 1. The minimum absolute atomic E-state index is 0.0182. The van der Waals surface area contributed by atoms with Crippen LogP contribution >= 0.6 is 0 Å². The molecule has 1 aliphatic rings. The molecule has 0 radical (unpaired) electrons. The zero-order chi connectivity index (χ0) is 18.9. The van der Waals surface area contributed by atoms with E-state index in [2.05, 4.69) is 5.32 Å². The quantitative estimate of drug-likeness (QED) is 0.854. The Kier molecular flexibility index (Phi) is 4.97. The summed E-state index contributed by atoms with van der Waals surface area (Å²) >= 11 is 0. The maximum Gasteiger partial charge on any atom is 0.243 e. The normalized spacial score (nSPS) is 14.0. The van der Waals surface area contributed by atoms with Crippen molar-refractivity contribution < 1.29 is 17.6 Å². The number of nitrogens with one attached hydrogen (secondary N) is 1. The number of rotatable bonds is 4. The van der Waals surface area contributed by atoms with Crippen molar-refractivity contribution >= 4 is 27.3 Å². The molecule has 2 aromatic carbocycles. The Bertz CT molecular complexity index is 943. The third-order valence-electron chi connectivity index (χ3n) is 4.44. The molecule has 26 heavy (non-hydrogen) atoms. The van der Waals surface area contributed by atoms with E-state index in [1.54, 1.807) is 11.0 Å². The fourth-order valence-corrected chi connectivity index (χ4v) is 3.70. The van der Waals surface area contributed by atoms with Gasteiger partial charge in [-0.05, 0) is 61.2 Å². The van der Waals surface area contributed by atoms with Crippen LogP contribution in [0.4, 0.5) is 15.8 Å². The molecule has 0 unspecified atom stereocenters. The van der Waals surface area contributed by atoms with Crippen molar-refractivity contribution in [2.45, 2.75) is 24.7 Å². The topological polar surface area (TPSA) is 92.5 Å². The van der Waals surface area contributed by atoms with Crippen LogP contribution in [0.25, 0.3) is 0 Å². The highest BCUT2D eigenvalue weighted by Gasteiger charge is 2.24. The van der Waals surface area contributed by atoms with E-state index in [9.17, 15) is 17.6 Å². The van der Waals surface area contributed by atoms with Gasteiger partial charge in [0, 0.05) is 12.2 Å². The van der Waals surface area contributed by atoms with Crippen LogP contribution < -0.4 is 15.4 Å². The molecule has 1 amide bonds. The summed E-state index contributed by atoms with van der Waals surface area (Å²) in [6.07, 6.45) is 1.65. The lowest BCUT2D eigenvalue weighted by Crippen LogP contribution is -2.37. The van der Waals surface area contributed by atoms with E-state index >= 15 is 0 Å². The van der Waals surface area contributed by atoms with Crippen molar-refractivity contribution in [2.75, 3.05) is 23.3 Å². The van der Waals surface area contributed by atoms with E-state index < -0.39 is 10.0 Å². The average molecular weight is 377 g/mol. The lowest BCUT2D eigenvalue weighted by Gasteiger charge is -2.32. The van der Waals surface area contributed by atoms with Gasteiger partial charge in [0.1, 0.15) is 5.82 Å². The van der Waals surface area contributed by atoms with Crippen LogP contribution in [0.2, 0.25) is 0 Å². The van der Waals surface area contributed by atoms with Crippen molar-refractivity contribution in [1.29, 1.82) is 0 Å². The smallest absolute Gasteiger partial charge is 0.243 e. The molecule has 138 valence electrons. The van der Waals surface area contributed by atoms with Crippen molar-refractivity contribution in [3.8, 4) is 0 Å². The zero-order valence-corrected chi connectivity index (χ0v) is 15.1. The van der Waals surface area contributed by atoms with Gasteiger partial charge in [-0.3, -0.25) is 4.79 Å². The van der Waals surface area contributed by atoms with Crippen LogP contribution in [-0.4, -0.2) is 27.4 Å². The average Bonchev–Trinajstić information content (AvgIpc) is 2.58. The van der Waals surface area contributed by atoms with Gasteiger partial charge in [0.2, 0.25) is 15.9 Å². The molecule has 2 aromatic rings. The Hall–Kier alpha value is -2.45. The van der Waals surface area contributed by atoms with Crippen molar-refractivity contribution in [1.82, 2.24) is 0 Å². The van der Waals surface area contributed by atoms with E-state index in [4.69, 9.17) is 5.14 Å². The molecular weight excluding hydrogens is 357 g/mol. The van der Waals surface area contributed by atoms with Gasteiger partial charge >= 0.3 is 0 Å². The Balaban J connectivity index is 1.73. The number of nitrogens with two attached hydrogens (primary N) is 1. The molecule has 0 saturated heterocycles. The molecule has 6 nitrogen and oxygen atoms in total. The number of halogens is 1. The fourth-order valence-electron chi connectivity index (χ4n) is 3.18.